The van der Waals surface area contributed by atoms with Crippen molar-refractivity contribution in [3.05, 3.63) is 66.1 Å². The summed E-state index contributed by atoms with van der Waals surface area (Å²) in [5.74, 6) is -1.24. The second kappa shape index (κ2) is 7.97. The van der Waals surface area contributed by atoms with Gasteiger partial charge in [-0.05, 0) is 24.3 Å². The highest BCUT2D eigenvalue weighted by Crippen LogP contribution is 2.14. The van der Waals surface area contributed by atoms with Gasteiger partial charge in [0.05, 0.1) is 5.56 Å². The zero-order valence-corrected chi connectivity index (χ0v) is 13.5. The van der Waals surface area contributed by atoms with E-state index < -0.39 is 17.6 Å². The van der Waals surface area contributed by atoms with Crippen molar-refractivity contribution in [2.75, 3.05) is 0 Å². The van der Waals surface area contributed by atoms with E-state index in [1.165, 1.54) is 18.2 Å². The Bertz CT molecular complexity index is 914. The molecule has 0 spiro atoms. The zero-order valence-electron chi connectivity index (χ0n) is 13.5. The van der Waals surface area contributed by atoms with Crippen LogP contribution in [0.4, 0.5) is 4.39 Å². The fraction of sp³-hybridized carbons (Fsp3) is 0.118. The summed E-state index contributed by atoms with van der Waals surface area (Å²) >= 11 is 0. The Morgan fingerprint density at radius 2 is 1.96 bits per heavy atom. The van der Waals surface area contributed by atoms with Crippen molar-refractivity contribution in [3.8, 4) is 11.4 Å². The second-order valence-corrected chi connectivity index (χ2v) is 5.24. The quantitative estimate of drug-likeness (QED) is 0.674. The third-order valence-electron chi connectivity index (χ3n) is 3.39. The monoisotopic (exact) mass is 355 g/mol. The van der Waals surface area contributed by atoms with Gasteiger partial charge in [-0.15, -0.1) is 0 Å². The number of aromatic nitrogens is 3. The minimum Gasteiger partial charge on any atom is -0.339 e. The molecule has 2 aromatic heterocycles. The highest BCUT2D eigenvalue weighted by molar-refractivity contribution is 5.95. The van der Waals surface area contributed by atoms with Crippen molar-refractivity contribution in [2.24, 2.45) is 0 Å². The number of hydrogen-bond acceptors (Lipinski definition) is 6. The molecule has 0 saturated carbocycles. The molecule has 26 heavy (non-hydrogen) atoms. The summed E-state index contributed by atoms with van der Waals surface area (Å²) in [5, 5.41) is 3.82. The van der Waals surface area contributed by atoms with Crippen molar-refractivity contribution < 1.29 is 18.5 Å². The fourth-order valence-corrected chi connectivity index (χ4v) is 2.09. The predicted molar refractivity (Wildman–Crippen MR) is 87.9 cm³/mol. The Balaban J connectivity index is 1.48. The van der Waals surface area contributed by atoms with Gasteiger partial charge in [0.1, 0.15) is 5.82 Å². The molecule has 0 radical (unpaired) electrons. The molecular weight excluding hydrogens is 341 g/mol. The van der Waals surface area contributed by atoms with Crippen molar-refractivity contribution in [1.29, 1.82) is 0 Å². The lowest BCUT2D eigenvalue weighted by Crippen LogP contribution is -2.42. The number of hydrogen-bond donors (Lipinski definition) is 2. The minimum atomic E-state index is -0.742. The lowest BCUT2D eigenvalue weighted by molar-refractivity contribution is -0.121. The molecule has 0 aliphatic rings. The number of aryl methyl sites for hydroxylation is 1. The van der Waals surface area contributed by atoms with Gasteiger partial charge in [0.2, 0.25) is 17.6 Å². The molecule has 0 aliphatic heterocycles. The smallest absolute Gasteiger partial charge is 0.272 e. The summed E-state index contributed by atoms with van der Waals surface area (Å²) in [6.45, 7) is 0. The first kappa shape index (κ1) is 17.2. The van der Waals surface area contributed by atoms with Crippen LogP contribution in [0.3, 0.4) is 0 Å². The molecule has 132 valence electrons. The van der Waals surface area contributed by atoms with E-state index in [-0.39, 0.29) is 24.3 Å². The van der Waals surface area contributed by atoms with Gasteiger partial charge in [-0.3, -0.25) is 25.4 Å². The van der Waals surface area contributed by atoms with Crippen LogP contribution in [0, 0.1) is 5.82 Å². The van der Waals surface area contributed by atoms with Gasteiger partial charge >= 0.3 is 0 Å². The molecule has 2 N–H and O–H groups in total. The number of carbonyl (C=O) groups is 2. The summed E-state index contributed by atoms with van der Waals surface area (Å²) in [4.78, 5) is 31.7. The van der Waals surface area contributed by atoms with E-state index in [0.29, 0.717) is 11.4 Å². The van der Waals surface area contributed by atoms with Gasteiger partial charge in [-0.2, -0.15) is 4.98 Å². The van der Waals surface area contributed by atoms with Crippen LogP contribution in [0.5, 0.6) is 0 Å². The Labute approximate surface area is 147 Å². The minimum absolute atomic E-state index is 0.00618. The van der Waals surface area contributed by atoms with Crippen LogP contribution in [0.25, 0.3) is 11.4 Å². The second-order valence-electron chi connectivity index (χ2n) is 5.24. The van der Waals surface area contributed by atoms with E-state index >= 15 is 0 Å². The summed E-state index contributed by atoms with van der Waals surface area (Å²) in [5.41, 5.74) is 4.90. The molecule has 0 atom stereocenters. The van der Waals surface area contributed by atoms with Crippen LogP contribution in [0.1, 0.15) is 22.7 Å². The molecule has 3 aromatic rings. The third-order valence-corrected chi connectivity index (χ3v) is 3.39. The maximum atomic E-state index is 13.5. The molecule has 2 heterocycles. The lowest BCUT2D eigenvalue weighted by atomic mass is 10.2. The van der Waals surface area contributed by atoms with E-state index in [1.807, 2.05) is 0 Å². The van der Waals surface area contributed by atoms with Crippen LogP contribution in [0.15, 0.2) is 53.3 Å². The maximum Gasteiger partial charge on any atom is 0.272 e. The molecule has 2 amide bonds. The van der Waals surface area contributed by atoms with Crippen molar-refractivity contribution in [2.45, 2.75) is 12.8 Å². The number of benzene rings is 1. The molecule has 8 nitrogen and oxygen atoms in total. The topological polar surface area (TPSA) is 110 Å². The zero-order chi connectivity index (χ0) is 18.4. The molecule has 0 fully saturated rings. The van der Waals surface area contributed by atoms with Gasteiger partial charge in [-0.1, -0.05) is 17.3 Å². The number of carbonyl (C=O) groups excluding carboxylic acids is 2. The number of nitrogens with one attached hydrogen (secondary N) is 2. The number of nitrogens with zero attached hydrogens (tertiary/aromatic N) is 3. The van der Waals surface area contributed by atoms with Crippen LogP contribution in [-0.2, 0) is 11.2 Å². The SMILES string of the molecule is O=C(CCc1nc(-c2cccnc2)no1)NNC(=O)c1ccccc1F. The van der Waals surface area contributed by atoms with Crippen LogP contribution >= 0.6 is 0 Å². The highest BCUT2D eigenvalue weighted by atomic mass is 19.1. The van der Waals surface area contributed by atoms with E-state index in [9.17, 15) is 14.0 Å². The van der Waals surface area contributed by atoms with Gasteiger partial charge < -0.3 is 4.52 Å². The molecule has 0 unspecified atom stereocenters. The standard InChI is InChI=1S/C17H14FN5O3/c18-13-6-2-1-5-12(13)17(25)22-21-14(24)7-8-15-20-16(23-26-15)11-4-3-9-19-10-11/h1-6,9-10H,7-8H2,(H,21,24)(H,22,25). The van der Waals surface area contributed by atoms with E-state index in [4.69, 9.17) is 4.52 Å². The first-order valence-electron chi connectivity index (χ1n) is 7.70. The average Bonchev–Trinajstić information content (AvgIpc) is 3.14. The number of rotatable bonds is 5. The van der Waals surface area contributed by atoms with Crippen LogP contribution in [-0.4, -0.2) is 26.9 Å². The highest BCUT2D eigenvalue weighted by Gasteiger charge is 2.13. The first-order valence-corrected chi connectivity index (χ1v) is 7.70. The van der Waals surface area contributed by atoms with Crippen LogP contribution in [0.2, 0.25) is 0 Å². The molecule has 0 aliphatic carbocycles. The Kier molecular flexibility index (Phi) is 5.28. The average molecular weight is 355 g/mol. The number of halogens is 1. The number of amides is 2. The molecule has 3 rings (SSSR count). The summed E-state index contributed by atoms with van der Waals surface area (Å²) < 4.78 is 18.5. The molecule has 9 heteroatoms. The van der Waals surface area contributed by atoms with Crippen LogP contribution < -0.4 is 10.9 Å². The third kappa shape index (κ3) is 4.26. The van der Waals surface area contributed by atoms with Crippen molar-refractivity contribution in [1.82, 2.24) is 26.0 Å². The molecular formula is C17H14FN5O3. The van der Waals surface area contributed by atoms with Gasteiger partial charge in [0.25, 0.3) is 5.91 Å². The molecule has 0 bridgehead atoms. The lowest BCUT2D eigenvalue weighted by Gasteiger charge is -2.07. The van der Waals surface area contributed by atoms with E-state index in [2.05, 4.69) is 26.0 Å². The Morgan fingerprint density at radius 3 is 2.73 bits per heavy atom. The van der Waals surface area contributed by atoms with Crippen molar-refractivity contribution in [3.63, 3.8) is 0 Å². The predicted octanol–water partition coefficient (Wildman–Crippen LogP) is 1.66. The van der Waals surface area contributed by atoms with Gasteiger partial charge in [0.15, 0.2) is 0 Å². The Hall–Kier alpha value is -3.62. The fourth-order valence-electron chi connectivity index (χ4n) is 2.09. The summed E-state index contributed by atoms with van der Waals surface area (Å²) in [7, 11) is 0. The number of pyridine rings is 1. The Morgan fingerprint density at radius 1 is 1.12 bits per heavy atom. The first-order chi connectivity index (χ1) is 12.6. The summed E-state index contributed by atoms with van der Waals surface area (Å²) in [6.07, 6.45) is 3.42. The van der Waals surface area contributed by atoms with Gasteiger partial charge in [0, 0.05) is 30.8 Å². The molecule has 1 aromatic carbocycles. The maximum absolute atomic E-state index is 13.5. The molecule has 0 saturated heterocycles. The van der Waals surface area contributed by atoms with E-state index in [0.717, 1.165) is 6.07 Å². The number of hydrazine groups is 1. The summed E-state index contributed by atoms with van der Waals surface area (Å²) in [6, 6.07) is 9.00. The largest absolute Gasteiger partial charge is 0.339 e. The normalized spacial score (nSPS) is 10.3. The van der Waals surface area contributed by atoms with E-state index in [1.54, 1.807) is 24.5 Å². The van der Waals surface area contributed by atoms with Crippen molar-refractivity contribution >= 4 is 11.8 Å². The van der Waals surface area contributed by atoms with Gasteiger partial charge in [-0.25, -0.2) is 4.39 Å².